The van der Waals surface area contributed by atoms with Crippen LogP contribution in [0.25, 0.3) is 11.2 Å². The third-order valence-corrected chi connectivity index (χ3v) is 3.59. The summed E-state index contributed by atoms with van der Waals surface area (Å²) in [6.45, 7) is 3.98. The van der Waals surface area contributed by atoms with E-state index in [0.717, 1.165) is 4.57 Å². The minimum absolute atomic E-state index is 0.0762. The molecule has 2 heterocycles. The first kappa shape index (κ1) is 15.8. The number of nitrogens with zero attached hydrogens (tertiary/aromatic N) is 3. The minimum Gasteiger partial charge on any atom is -0.481 e. The van der Waals surface area contributed by atoms with Crippen LogP contribution in [0.15, 0.2) is 9.59 Å². The second kappa shape index (κ2) is 6.04. The molecule has 0 aliphatic carbocycles. The summed E-state index contributed by atoms with van der Waals surface area (Å²) in [4.78, 5) is 42.0. The number of fused-ring (bicyclic) bond motifs is 1. The van der Waals surface area contributed by atoms with Crippen molar-refractivity contribution in [2.45, 2.75) is 32.7 Å². The van der Waals surface area contributed by atoms with E-state index in [-0.39, 0.29) is 36.1 Å². The molecule has 0 fully saturated rings. The van der Waals surface area contributed by atoms with Gasteiger partial charge in [-0.25, -0.2) is 4.79 Å². The molecule has 0 saturated heterocycles. The highest BCUT2D eigenvalue weighted by Gasteiger charge is 2.18. The SMILES string of the molecule is CCC(C)n1c(=O)n(C)c(=O)c2[nH]c(NCCC(=O)O)nc21. The summed E-state index contributed by atoms with van der Waals surface area (Å²) in [7, 11) is 1.42. The highest BCUT2D eigenvalue weighted by Crippen LogP contribution is 2.15. The molecular weight excluding hydrogens is 290 g/mol. The van der Waals surface area contributed by atoms with Gasteiger partial charge in [-0.2, -0.15) is 4.98 Å². The largest absolute Gasteiger partial charge is 0.481 e. The Bertz CT molecular complexity index is 816. The Morgan fingerprint density at radius 1 is 1.45 bits per heavy atom. The number of nitrogens with one attached hydrogen (secondary N) is 2. The molecule has 2 rings (SSSR count). The van der Waals surface area contributed by atoms with E-state index in [4.69, 9.17) is 5.11 Å². The summed E-state index contributed by atoms with van der Waals surface area (Å²) in [6.07, 6.45) is 0.634. The first-order valence-corrected chi connectivity index (χ1v) is 7.03. The number of rotatable bonds is 6. The smallest absolute Gasteiger partial charge is 0.332 e. The molecule has 9 nitrogen and oxygen atoms in total. The molecule has 1 unspecified atom stereocenters. The number of aromatic nitrogens is 4. The zero-order valence-corrected chi connectivity index (χ0v) is 12.7. The number of hydrogen-bond acceptors (Lipinski definition) is 5. The van der Waals surface area contributed by atoms with Crippen molar-refractivity contribution >= 4 is 23.1 Å². The molecule has 0 amide bonds. The van der Waals surface area contributed by atoms with Crippen molar-refractivity contribution in [1.29, 1.82) is 0 Å². The highest BCUT2D eigenvalue weighted by atomic mass is 16.4. The summed E-state index contributed by atoms with van der Waals surface area (Å²) in [5.41, 5.74) is -0.380. The van der Waals surface area contributed by atoms with Crippen molar-refractivity contribution in [3.05, 3.63) is 20.8 Å². The van der Waals surface area contributed by atoms with Crippen molar-refractivity contribution in [2.24, 2.45) is 7.05 Å². The third kappa shape index (κ3) is 2.74. The summed E-state index contributed by atoms with van der Waals surface area (Å²) >= 11 is 0. The Balaban J connectivity index is 2.54. The number of carbonyl (C=O) groups is 1. The maximum absolute atomic E-state index is 12.3. The van der Waals surface area contributed by atoms with Crippen LogP contribution in [0.1, 0.15) is 32.7 Å². The van der Waals surface area contributed by atoms with E-state index in [1.165, 1.54) is 11.6 Å². The van der Waals surface area contributed by atoms with Crippen LogP contribution in [-0.2, 0) is 11.8 Å². The number of imidazole rings is 1. The molecule has 9 heteroatoms. The Labute approximate surface area is 125 Å². The quantitative estimate of drug-likeness (QED) is 0.704. The predicted octanol–water partition coefficient (Wildman–Crippen LogP) is 0.281. The number of carboxylic acid groups (broad SMARTS) is 1. The molecule has 0 aliphatic heterocycles. The molecule has 2 aromatic rings. The fraction of sp³-hybridized carbons (Fsp3) is 0.538. The standard InChI is InChI=1S/C13H19N5O4/c1-4-7(2)18-10-9(11(21)17(3)13(18)22)15-12(16-10)14-6-5-8(19)20/h7H,4-6H2,1-3H3,(H,19,20)(H2,14,15,16). The Kier molecular flexibility index (Phi) is 4.34. The molecule has 2 aromatic heterocycles. The molecule has 0 aromatic carbocycles. The van der Waals surface area contributed by atoms with Crippen molar-refractivity contribution in [3.63, 3.8) is 0 Å². The van der Waals surface area contributed by atoms with Crippen LogP contribution >= 0.6 is 0 Å². The predicted molar refractivity (Wildman–Crippen MR) is 81.3 cm³/mol. The number of anilines is 1. The number of carboxylic acids is 1. The van der Waals surface area contributed by atoms with Crippen LogP contribution < -0.4 is 16.6 Å². The van der Waals surface area contributed by atoms with Gasteiger partial charge in [-0.05, 0) is 13.3 Å². The van der Waals surface area contributed by atoms with Gasteiger partial charge in [0.1, 0.15) is 0 Å². The molecule has 0 bridgehead atoms. The molecule has 3 N–H and O–H groups in total. The van der Waals surface area contributed by atoms with Crippen molar-refractivity contribution in [3.8, 4) is 0 Å². The van der Waals surface area contributed by atoms with Crippen molar-refractivity contribution in [2.75, 3.05) is 11.9 Å². The van der Waals surface area contributed by atoms with E-state index in [1.54, 1.807) is 0 Å². The van der Waals surface area contributed by atoms with E-state index >= 15 is 0 Å². The van der Waals surface area contributed by atoms with Gasteiger partial charge in [0, 0.05) is 19.6 Å². The molecule has 1 atom stereocenters. The molecule has 120 valence electrons. The van der Waals surface area contributed by atoms with E-state index in [1.807, 2.05) is 13.8 Å². The number of hydrogen-bond donors (Lipinski definition) is 3. The Hall–Kier alpha value is -2.58. The van der Waals surface area contributed by atoms with Gasteiger partial charge in [-0.1, -0.05) is 6.92 Å². The molecule has 0 spiro atoms. The van der Waals surface area contributed by atoms with Crippen molar-refractivity contribution in [1.82, 2.24) is 19.1 Å². The summed E-state index contributed by atoms with van der Waals surface area (Å²) in [6, 6.07) is -0.114. The molecule has 0 saturated carbocycles. The van der Waals surface area contributed by atoms with E-state index in [9.17, 15) is 14.4 Å². The number of aromatic amines is 1. The fourth-order valence-electron chi connectivity index (χ4n) is 2.15. The van der Waals surface area contributed by atoms with Crippen molar-refractivity contribution < 1.29 is 9.90 Å². The zero-order chi connectivity index (χ0) is 16.4. The van der Waals surface area contributed by atoms with E-state index in [0.29, 0.717) is 6.42 Å². The molecule has 0 aliphatic rings. The van der Waals surface area contributed by atoms with Crippen LogP contribution in [-0.4, -0.2) is 36.7 Å². The monoisotopic (exact) mass is 309 g/mol. The van der Waals surface area contributed by atoms with Gasteiger partial charge in [-0.3, -0.25) is 18.7 Å². The third-order valence-electron chi connectivity index (χ3n) is 3.59. The maximum atomic E-state index is 12.3. The lowest BCUT2D eigenvalue weighted by molar-refractivity contribution is -0.136. The van der Waals surface area contributed by atoms with Gasteiger partial charge in [0.05, 0.1) is 6.42 Å². The average molecular weight is 309 g/mol. The van der Waals surface area contributed by atoms with E-state index < -0.39 is 17.2 Å². The maximum Gasteiger partial charge on any atom is 0.332 e. The molecular formula is C13H19N5O4. The first-order chi connectivity index (χ1) is 10.4. The Morgan fingerprint density at radius 3 is 2.73 bits per heavy atom. The van der Waals surface area contributed by atoms with E-state index in [2.05, 4.69) is 15.3 Å². The highest BCUT2D eigenvalue weighted by molar-refractivity contribution is 5.73. The fourth-order valence-corrected chi connectivity index (χ4v) is 2.15. The van der Waals surface area contributed by atoms with Gasteiger partial charge in [0.25, 0.3) is 5.56 Å². The topological polar surface area (TPSA) is 122 Å². The summed E-state index contributed by atoms with van der Waals surface area (Å²) < 4.78 is 2.50. The number of aliphatic carboxylic acids is 1. The van der Waals surface area contributed by atoms with Gasteiger partial charge in [0.2, 0.25) is 5.95 Å². The first-order valence-electron chi connectivity index (χ1n) is 7.03. The molecule has 0 radical (unpaired) electrons. The lowest BCUT2D eigenvalue weighted by Gasteiger charge is -2.14. The average Bonchev–Trinajstić information content (AvgIpc) is 2.88. The summed E-state index contributed by atoms with van der Waals surface area (Å²) in [5.74, 6) is -0.660. The second-order valence-corrected chi connectivity index (χ2v) is 5.13. The zero-order valence-electron chi connectivity index (χ0n) is 12.7. The van der Waals surface area contributed by atoms with Gasteiger partial charge >= 0.3 is 11.7 Å². The van der Waals surface area contributed by atoms with Gasteiger partial charge in [-0.15, -0.1) is 0 Å². The van der Waals surface area contributed by atoms with Gasteiger partial charge < -0.3 is 15.4 Å². The molecule has 22 heavy (non-hydrogen) atoms. The lowest BCUT2D eigenvalue weighted by atomic mass is 10.2. The van der Waals surface area contributed by atoms with Crippen LogP contribution in [0.3, 0.4) is 0 Å². The van der Waals surface area contributed by atoms with Crippen LogP contribution in [0, 0.1) is 0 Å². The summed E-state index contributed by atoms with van der Waals surface area (Å²) in [5, 5.41) is 11.4. The number of H-pyrrole nitrogens is 1. The normalized spacial score (nSPS) is 12.5. The second-order valence-electron chi connectivity index (χ2n) is 5.13. The van der Waals surface area contributed by atoms with Crippen LogP contribution in [0.5, 0.6) is 0 Å². The lowest BCUT2D eigenvalue weighted by Crippen LogP contribution is -2.39. The van der Waals surface area contributed by atoms with Gasteiger partial charge in [0.15, 0.2) is 11.2 Å². The minimum atomic E-state index is -0.934. The van der Waals surface area contributed by atoms with Crippen LogP contribution in [0.2, 0.25) is 0 Å². The van der Waals surface area contributed by atoms with Crippen LogP contribution in [0.4, 0.5) is 5.95 Å². The Morgan fingerprint density at radius 2 is 2.14 bits per heavy atom.